The standard InChI is InChI=1S/C20H25N5O5/c1-2-29-15-7-5-14(6-8-15)23-9-10-24-18(27)19(28)25(22-20(23)24)13-17(26)21-12-16-4-3-11-30-16/h5-8,16,20H,2-4,9-13H2,1H3/p+1. The van der Waals surface area contributed by atoms with Crippen molar-refractivity contribution >= 4 is 23.4 Å². The van der Waals surface area contributed by atoms with Gasteiger partial charge in [0, 0.05) is 37.0 Å². The average Bonchev–Trinajstić information content (AvgIpc) is 3.41. The average molecular weight is 416 g/mol. The molecule has 3 heterocycles. The van der Waals surface area contributed by atoms with Gasteiger partial charge < -0.3 is 19.7 Å². The second-order valence-electron chi connectivity index (χ2n) is 7.38. The number of nitrogens with one attached hydrogen (secondary N) is 1. The van der Waals surface area contributed by atoms with Gasteiger partial charge in [0.1, 0.15) is 5.75 Å². The molecule has 0 spiro atoms. The van der Waals surface area contributed by atoms with Crippen molar-refractivity contribution in [3.63, 3.8) is 0 Å². The van der Waals surface area contributed by atoms with Crippen LogP contribution in [0.25, 0.3) is 0 Å². The van der Waals surface area contributed by atoms with E-state index < -0.39 is 18.1 Å². The number of amides is 3. The van der Waals surface area contributed by atoms with Crippen LogP contribution in [-0.2, 0) is 19.1 Å². The van der Waals surface area contributed by atoms with Crippen molar-refractivity contribution in [1.82, 2.24) is 10.2 Å². The number of rotatable bonds is 7. The lowest BCUT2D eigenvalue weighted by Gasteiger charge is -2.27. The van der Waals surface area contributed by atoms with Crippen LogP contribution >= 0.6 is 0 Å². The van der Waals surface area contributed by atoms with Crippen molar-refractivity contribution in [2.75, 3.05) is 44.3 Å². The highest BCUT2D eigenvalue weighted by Gasteiger charge is 2.49. The van der Waals surface area contributed by atoms with Gasteiger partial charge in [-0.15, -0.1) is 0 Å². The van der Waals surface area contributed by atoms with Gasteiger partial charge in [-0.3, -0.25) is 14.5 Å². The number of ether oxygens (including phenoxy) is 2. The number of nitrogens with zero attached hydrogens (tertiary/aromatic N) is 4. The lowest BCUT2D eigenvalue weighted by atomic mass is 10.2. The molecule has 160 valence electrons. The maximum absolute atomic E-state index is 12.6. The van der Waals surface area contributed by atoms with E-state index in [1.165, 1.54) is 4.90 Å². The van der Waals surface area contributed by atoms with Gasteiger partial charge in [-0.1, -0.05) is 0 Å². The van der Waals surface area contributed by atoms with Gasteiger partial charge in [0.05, 0.1) is 12.7 Å². The summed E-state index contributed by atoms with van der Waals surface area (Å²) in [7, 11) is 0. The molecule has 0 aromatic heterocycles. The molecular formula is C20H26N5O5+. The van der Waals surface area contributed by atoms with E-state index in [-0.39, 0.29) is 18.6 Å². The molecule has 2 unspecified atom stereocenters. The van der Waals surface area contributed by atoms with Gasteiger partial charge in [0.15, 0.2) is 0 Å². The zero-order valence-corrected chi connectivity index (χ0v) is 17.0. The highest BCUT2D eigenvalue weighted by Crippen LogP contribution is 2.28. The molecule has 1 aromatic carbocycles. The number of carbonyl (C=O) groups is 3. The zero-order chi connectivity index (χ0) is 21.1. The van der Waals surface area contributed by atoms with Crippen LogP contribution in [0.4, 0.5) is 5.69 Å². The summed E-state index contributed by atoms with van der Waals surface area (Å²) in [5.41, 5.74) is 0.861. The summed E-state index contributed by atoms with van der Waals surface area (Å²) in [4.78, 5) is 40.6. The molecule has 0 radical (unpaired) electrons. The van der Waals surface area contributed by atoms with E-state index in [2.05, 4.69) is 10.4 Å². The first kappa shape index (κ1) is 20.3. The van der Waals surface area contributed by atoms with Gasteiger partial charge in [-0.05, 0) is 48.7 Å². The quantitative estimate of drug-likeness (QED) is 0.507. The molecule has 0 saturated carbocycles. The molecule has 30 heavy (non-hydrogen) atoms. The summed E-state index contributed by atoms with van der Waals surface area (Å²) in [6, 6.07) is 7.49. The van der Waals surface area contributed by atoms with E-state index in [9.17, 15) is 14.4 Å². The predicted octanol–water partition coefficient (Wildman–Crippen LogP) is 0.318. The van der Waals surface area contributed by atoms with E-state index in [0.717, 1.165) is 29.0 Å². The molecule has 10 nitrogen and oxygen atoms in total. The number of carbonyl (C=O) groups excluding carboxylic acids is 3. The minimum Gasteiger partial charge on any atom is -0.494 e. The molecule has 4 rings (SSSR count). The first-order valence-corrected chi connectivity index (χ1v) is 10.3. The smallest absolute Gasteiger partial charge is 0.494 e. The van der Waals surface area contributed by atoms with E-state index >= 15 is 0 Å². The zero-order valence-electron chi connectivity index (χ0n) is 17.0. The third kappa shape index (κ3) is 4.13. The van der Waals surface area contributed by atoms with Crippen LogP contribution in [0.3, 0.4) is 0 Å². The fourth-order valence-corrected chi connectivity index (χ4v) is 3.86. The minimum atomic E-state index is -0.785. The number of benzene rings is 1. The summed E-state index contributed by atoms with van der Waals surface area (Å²) in [5, 5.41) is 7.16. The lowest BCUT2D eigenvalue weighted by Crippen LogP contribution is -2.53. The third-order valence-electron chi connectivity index (χ3n) is 5.38. The molecule has 10 heteroatoms. The maximum atomic E-state index is 12.6. The lowest BCUT2D eigenvalue weighted by molar-refractivity contribution is -0.509. The summed E-state index contributed by atoms with van der Waals surface area (Å²) >= 11 is 0. The SMILES string of the molecule is CCOc1ccc(N2CCN3C(=O)C(=O)[N+](CC(=O)NCC4CCCO4)=NC32)cc1. The maximum Gasteiger partial charge on any atom is 0.502 e. The van der Waals surface area contributed by atoms with E-state index in [1.54, 1.807) is 0 Å². The minimum absolute atomic E-state index is 0.00468. The van der Waals surface area contributed by atoms with E-state index in [4.69, 9.17) is 9.47 Å². The second kappa shape index (κ2) is 8.78. The normalized spacial score (nSPS) is 23.4. The monoisotopic (exact) mass is 416 g/mol. The van der Waals surface area contributed by atoms with Crippen LogP contribution in [0.2, 0.25) is 0 Å². The Morgan fingerprint density at radius 3 is 2.73 bits per heavy atom. The Morgan fingerprint density at radius 2 is 2.03 bits per heavy atom. The van der Waals surface area contributed by atoms with Gasteiger partial charge in [-0.2, -0.15) is 0 Å². The molecule has 2 fully saturated rings. The number of hydrogen-bond donors (Lipinski definition) is 1. The van der Waals surface area contributed by atoms with Crippen LogP contribution in [0.1, 0.15) is 19.8 Å². The molecule has 1 aromatic rings. The number of anilines is 1. The van der Waals surface area contributed by atoms with Gasteiger partial charge >= 0.3 is 11.8 Å². The molecule has 2 saturated heterocycles. The van der Waals surface area contributed by atoms with Crippen LogP contribution in [0.5, 0.6) is 5.75 Å². The van der Waals surface area contributed by atoms with Crippen LogP contribution in [0.15, 0.2) is 29.4 Å². The highest BCUT2D eigenvalue weighted by atomic mass is 16.5. The molecule has 1 N–H and O–H groups in total. The largest absolute Gasteiger partial charge is 0.502 e. The molecule has 3 amide bonds. The predicted molar refractivity (Wildman–Crippen MR) is 105 cm³/mol. The molecule has 3 aliphatic rings. The van der Waals surface area contributed by atoms with Crippen molar-refractivity contribution in [3.05, 3.63) is 24.3 Å². The highest BCUT2D eigenvalue weighted by molar-refractivity contribution is 6.31. The van der Waals surface area contributed by atoms with E-state index in [0.29, 0.717) is 32.8 Å². The van der Waals surface area contributed by atoms with Crippen molar-refractivity contribution in [1.29, 1.82) is 0 Å². The molecule has 0 aliphatic carbocycles. The third-order valence-corrected chi connectivity index (χ3v) is 5.38. The summed E-state index contributed by atoms with van der Waals surface area (Å²) in [5.74, 6) is -1.04. The first-order chi connectivity index (χ1) is 14.6. The van der Waals surface area contributed by atoms with Crippen LogP contribution in [0, 0.1) is 0 Å². The van der Waals surface area contributed by atoms with Crippen molar-refractivity contribution < 1.29 is 28.6 Å². The summed E-state index contributed by atoms with van der Waals surface area (Å²) < 4.78 is 11.9. The Hall–Kier alpha value is -3.01. The Kier molecular flexibility index (Phi) is 5.93. The fourth-order valence-electron chi connectivity index (χ4n) is 3.86. The topological polar surface area (TPSA) is 104 Å². The van der Waals surface area contributed by atoms with Crippen LogP contribution in [-0.4, -0.2) is 79.1 Å². The van der Waals surface area contributed by atoms with Gasteiger partial charge in [0.25, 0.3) is 18.7 Å². The Bertz CT molecular complexity index is 850. The van der Waals surface area contributed by atoms with Crippen molar-refractivity contribution in [2.45, 2.75) is 32.2 Å². The van der Waals surface area contributed by atoms with Gasteiger partial charge in [-0.25, -0.2) is 4.79 Å². The molecular weight excluding hydrogens is 390 g/mol. The Balaban J connectivity index is 1.46. The van der Waals surface area contributed by atoms with Crippen LogP contribution < -0.4 is 15.0 Å². The second-order valence-corrected chi connectivity index (χ2v) is 7.38. The van der Waals surface area contributed by atoms with Crippen molar-refractivity contribution in [2.24, 2.45) is 5.11 Å². The summed E-state index contributed by atoms with van der Waals surface area (Å²) in [6.45, 7) is 4.23. The van der Waals surface area contributed by atoms with Crippen molar-refractivity contribution in [3.8, 4) is 5.75 Å². The van der Waals surface area contributed by atoms with E-state index in [1.807, 2.05) is 36.1 Å². The van der Waals surface area contributed by atoms with Gasteiger partial charge in [0.2, 0.25) is 0 Å². The fraction of sp³-hybridized carbons (Fsp3) is 0.550. The Morgan fingerprint density at radius 1 is 1.27 bits per heavy atom. The molecule has 3 aliphatic heterocycles. The molecule has 2 atom stereocenters. The number of hydrogen-bond acceptors (Lipinski definition) is 7. The summed E-state index contributed by atoms with van der Waals surface area (Å²) in [6.07, 6.45) is 1.23. The number of fused-ring (bicyclic) bond motifs is 1. The first-order valence-electron chi connectivity index (χ1n) is 10.3. The Labute approximate surface area is 174 Å². The number of azo groups is 2. The molecule has 0 bridgehead atoms.